The molecule has 0 unspecified atom stereocenters. The topological polar surface area (TPSA) is 127 Å². The molecule has 2 bridgehead atoms. The standard InChI is InChI=1S/C31H35N5O6/c1-3-16-34(19-35-23-13-9-8-12-22(23)32-33-35)29(39)27-31-15-14-24(42-31)25(30(40)41-4-2)26(31)28(38)36(27)21(18-37)17-20-10-6-5-7-11-20/h3,5-13,21,24-27,37H,1,4,14-19H2,2H3/t21-,24+,25-,26-,27+,31-/m1/s1. The average Bonchev–Trinajstić information content (AvgIpc) is 3.75. The zero-order chi connectivity index (χ0) is 29.4. The number of hydrogen-bond donors (Lipinski definition) is 1. The summed E-state index contributed by atoms with van der Waals surface area (Å²) in [6.07, 6.45) is 2.41. The Hall–Kier alpha value is -4.09. The van der Waals surface area contributed by atoms with Gasteiger partial charge >= 0.3 is 5.97 Å². The maximum atomic E-state index is 14.7. The lowest BCUT2D eigenvalue weighted by Crippen LogP contribution is -2.59. The summed E-state index contributed by atoms with van der Waals surface area (Å²) < 4.78 is 13.5. The van der Waals surface area contributed by atoms with Gasteiger partial charge in [-0.05, 0) is 43.9 Å². The molecule has 3 aliphatic heterocycles. The Kier molecular flexibility index (Phi) is 7.54. The molecule has 4 heterocycles. The molecule has 220 valence electrons. The van der Waals surface area contributed by atoms with Gasteiger partial charge in [0.2, 0.25) is 11.8 Å². The quantitative estimate of drug-likeness (QED) is 0.273. The first kappa shape index (κ1) is 28.0. The van der Waals surface area contributed by atoms with Crippen LogP contribution in [0.15, 0.2) is 67.3 Å². The molecular weight excluding hydrogens is 538 g/mol. The second-order valence-corrected chi connectivity index (χ2v) is 11.1. The molecule has 1 N–H and O–H groups in total. The Morgan fingerprint density at radius 3 is 2.74 bits per heavy atom. The highest BCUT2D eigenvalue weighted by Gasteiger charge is 2.75. The van der Waals surface area contributed by atoms with Crippen LogP contribution in [0.4, 0.5) is 0 Å². The third-order valence-electron chi connectivity index (χ3n) is 8.84. The second-order valence-electron chi connectivity index (χ2n) is 11.1. The van der Waals surface area contributed by atoms with Crippen LogP contribution in [0.3, 0.4) is 0 Å². The molecule has 6 atom stereocenters. The summed E-state index contributed by atoms with van der Waals surface area (Å²) in [7, 11) is 0. The normalized spacial score (nSPS) is 26.8. The lowest BCUT2D eigenvalue weighted by atomic mass is 9.70. The predicted octanol–water partition coefficient (Wildman–Crippen LogP) is 1.94. The summed E-state index contributed by atoms with van der Waals surface area (Å²) in [5.74, 6) is -2.91. The molecule has 42 heavy (non-hydrogen) atoms. The van der Waals surface area contributed by atoms with Crippen molar-refractivity contribution >= 4 is 28.8 Å². The highest BCUT2D eigenvalue weighted by Crippen LogP contribution is 2.59. The number of amides is 2. The second kappa shape index (κ2) is 11.3. The summed E-state index contributed by atoms with van der Waals surface area (Å²) in [4.78, 5) is 45.3. The van der Waals surface area contributed by atoms with E-state index >= 15 is 0 Å². The van der Waals surface area contributed by atoms with E-state index in [-0.39, 0.29) is 38.2 Å². The molecule has 3 aromatic rings. The van der Waals surface area contributed by atoms with Crippen LogP contribution in [0.1, 0.15) is 25.3 Å². The number of rotatable bonds is 11. The molecule has 11 heteroatoms. The van der Waals surface area contributed by atoms with Crippen molar-refractivity contribution in [1.82, 2.24) is 24.8 Å². The first-order valence-corrected chi connectivity index (χ1v) is 14.4. The smallest absolute Gasteiger partial charge is 0.312 e. The maximum Gasteiger partial charge on any atom is 0.312 e. The van der Waals surface area contributed by atoms with E-state index in [1.807, 2.05) is 54.6 Å². The van der Waals surface area contributed by atoms with Gasteiger partial charge in [-0.3, -0.25) is 14.4 Å². The Balaban J connectivity index is 1.41. The van der Waals surface area contributed by atoms with Gasteiger partial charge in [0.25, 0.3) is 0 Å². The predicted molar refractivity (Wildman–Crippen MR) is 152 cm³/mol. The van der Waals surface area contributed by atoms with Crippen LogP contribution in [-0.2, 0) is 36.9 Å². The molecule has 3 aliphatic rings. The number of fused-ring (bicyclic) bond motifs is 2. The van der Waals surface area contributed by atoms with Crippen LogP contribution in [0.2, 0.25) is 0 Å². The number of hydrogen-bond acceptors (Lipinski definition) is 8. The number of nitrogens with zero attached hydrogens (tertiary/aromatic N) is 5. The van der Waals surface area contributed by atoms with Gasteiger partial charge in [-0.1, -0.05) is 53.8 Å². The van der Waals surface area contributed by atoms with Gasteiger partial charge in [0.05, 0.1) is 42.7 Å². The first-order valence-electron chi connectivity index (χ1n) is 14.4. The van der Waals surface area contributed by atoms with E-state index in [1.165, 1.54) is 4.90 Å². The summed E-state index contributed by atoms with van der Waals surface area (Å²) in [5, 5.41) is 19.1. The third kappa shape index (κ3) is 4.47. The van der Waals surface area contributed by atoms with Gasteiger partial charge in [-0.2, -0.15) is 0 Å². The summed E-state index contributed by atoms with van der Waals surface area (Å²) in [6, 6.07) is 15.2. The number of para-hydroxylation sites is 1. The highest BCUT2D eigenvalue weighted by molar-refractivity contribution is 5.98. The van der Waals surface area contributed by atoms with Gasteiger partial charge in [-0.25, -0.2) is 4.68 Å². The third-order valence-corrected chi connectivity index (χ3v) is 8.84. The van der Waals surface area contributed by atoms with E-state index in [9.17, 15) is 19.5 Å². The number of aliphatic hydroxyl groups excluding tert-OH is 1. The zero-order valence-corrected chi connectivity index (χ0v) is 23.5. The molecule has 1 aromatic heterocycles. The number of aliphatic hydroxyl groups is 1. The van der Waals surface area contributed by atoms with Crippen LogP contribution >= 0.6 is 0 Å². The van der Waals surface area contributed by atoms with Crippen molar-refractivity contribution in [3.05, 3.63) is 72.8 Å². The van der Waals surface area contributed by atoms with E-state index in [0.717, 1.165) is 11.1 Å². The van der Waals surface area contributed by atoms with Crippen LogP contribution in [0.5, 0.6) is 0 Å². The van der Waals surface area contributed by atoms with Crippen LogP contribution < -0.4 is 0 Å². The Bertz CT molecular complexity index is 1490. The van der Waals surface area contributed by atoms with Crippen molar-refractivity contribution in [2.75, 3.05) is 19.8 Å². The van der Waals surface area contributed by atoms with Crippen LogP contribution in [0, 0.1) is 11.8 Å². The number of aromatic nitrogens is 3. The van der Waals surface area contributed by atoms with Crippen molar-refractivity contribution in [3.63, 3.8) is 0 Å². The molecule has 6 rings (SSSR count). The van der Waals surface area contributed by atoms with Crippen molar-refractivity contribution in [2.45, 2.75) is 56.6 Å². The maximum absolute atomic E-state index is 14.7. The van der Waals surface area contributed by atoms with E-state index in [1.54, 1.807) is 22.6 Å². The van der Waals surface area contributed by atoms with Gasteiger partial charge in [-0.15, -0.1) is 11.7 Å². The minimum Gasteiger partial charge on any atom is -0.466 e. The molecule has 0 saturated carbocycles. The summed E-state index contributed by atoms with van der Waals surface area (Å²) in [5.41, 5.74) is 1.14. The zero-order valence-electron chi connectivity index (χ0n) is 23.5. The van der Waals surface area contributed by atoms with Crippen LogP contribution in [-0.4, -0.2) is 91.2 Å². The minimum absolute atomic E-state index is 0.0673. The van der Waals surface area contributed by atoms with Gasteiger partial charge in [0.1, 0.15) is 23.8 Å². The fourth-order valence-electron chi connectivity index (χ4n) is 7.14. The minimum atomic E-state index is -1.22. The molecule has 3 fully saturated rings. The Morgan fingerprint density at radius 1 is 1.24 bits per heavy atom. The molecule has 2 aromatic carbocycles. The van der Waals surface area contributed by atoms with E-state index in [2.05, 4.69) is 16.9 Å². The SMILES string of the molecule is C=CCN(Cn1nnc2ccccc21)C(=O)[C@@H]1N([C@@H](CO)Cc2ccccc2)C(=O)[C@H]2[C@H](C(=O)OCC)[C@@H]3CC[C@]12O3. The number of esters is 1. The molecule has 0 aliphatic carbocycles. The van der Waals surface area contributed by atoms with E-state index in [0.29, 0.717) is 24.8 Å². The number of likely N-dealkylation sites (tertiary alicyclic amines) is 1. The number of ether oxygens (including phenoxy) is 2. The number of carbonyl (C=O) groups is 3. The van der Waals surface area contributed by atoms with Gasteiger partial charge < -0.3 is 24.4 Å². The molecule has 3 saturated heterocycles. The number of benzene rings is 2. The fraction of sp³-hybridized carbons (Fsp3) is 0.452. The largest absolute Gasteiger partial charge is 0.466 e. The Morgan fingerprint density at radius 2 is 2.00 bits per heavy atom. The molecule has 1 spiro atoms. The van der Waals surface area contributed by atoms with E-state index < -0.39 is 41.6 Å². The number of carbonyl (C=O) groups excluding carboxylic acids is 3. The summed E-state index contributed by atoms with van der Waals surface area (Å²) in [6.45, 7) is 5.64. The lowest BCUT2D eigenvalue weighted by Gasteiger charge is -2.39. The summed E-state index contributed by atoms with van der Waals surface area (Å²) >= 11 is 0. The van der Waals surface area contributed by atoms with Gasteiger partial charge in [0, 0.05) is 6.54 Å². The monoisotopic (exact) mass is 573 g/mol. The van der Waals surface area contributed by atoms with Crippen molar-refractivity contribution in [3.8, 4) is 0 Å². The fourth-order valence-corrected chi connectivity index (χ4v) is 7.14. The average molecular weight is 574 g/mol. The molecule has 11 nitrogen and oxygen atoms in total. The molecule has 2 amide bonds. The highest BCUT2D eigenvalue weighted by atomic mass is 16.6. The van der Waals surface area contributed by atoms with Crippen molar-refractivity contribution in [2.24, 2.45) is 11.8 Å². The molecular formula is C31H35N5O6. The lowest BCUT2D eigenvalue weighted by molar-refractivity contribution is -0.156. The Labute approximate surface area is 243 Å². The van der Waals surface area contributed by atoms with E-state index in [4.69, 9.17) is 9.47 Å². The molecule has 0 radical (unpaired) electrons. The van der Waals surface area contributed by atoms with Crippen LogP contribution in [0.25, 0.3) is 11.0 Å². The first-order chi connectivity index (χ1) is 20.4. The van der Waals surface area contributed by atoms with Crippen molar-refractivity contribution < 1.29 is 29.0 Å². The van der Waals surface area contributed by atoms with Gasteiger partial charge in [0.15, 0.2) is 0 Å². The van der Waals surface area contributed by atoms with Crippen molar-refractivity contribution in [1.29, 1.82) is 0 Å².